The molecule has 0 spiro atoms. The molecule has 0 bridgehead atoms. The van der Waals surface area contributed by atoms with Gasteiger partial charge in [-0.3, -0.25) is 14.7 Å². The van der Waals surface area contributed by atoms with Crippen LogP contribution in [0.5, 0.6) is 0 Å². The number of anilines is 1. The Morgan fingerprint density at radius 2 is 1.89 bits per heavy atom. The van der Waals surface area contributed by atoms with E-state index in [4.69, 9.17) is 0 Å². The lowest BCUT2D eigenvalue weighted by Gasteiger charge is -2.36. The molecule has 1 N–H and O–H groups in total. The van der Waals surface area contributed by atoms with Crippen LogP contribution in [0.3, 0.4) is 0 Å². The van der Waals surface area contributed by atoms with Crippen LogP contribution in [0.4, 0.5) is 5.69 Å². The largest absolute Gasteiger partial charge is 0.369 e. The summed E-state index contributed by atoms with van der Waals surface area (Å²) in [5, 5.41) is 3.14. The van der Waals surface area contributed by atoms with Crippen molar-refractivity contribution in [2.75, 3.05) is 37.6 Å². The highest BCUT2D eigenvalue weighted by molar-refractivity contribution is 5.78. The molecule has 5 heteroatoms. The minimum Gasteiger partial charge on any atom is -0.369 e. The number of pyridine rings is 1. The number of benzene rings is 1. The summed E-state index contributed by atoms with van der Waals surface area (Å²) < 4.78 is 0. The van der Waals surface area contributed by atoms with Crippen molar-refractivity contribution in [1.29, 1.82) is 0 Å². The van der Waals surface area contributed by atoms with Crippen LogP contribution in [-0.2, 0) is 4.79 Å². The van der Waals surface area contributed by atoms with Crippen LogP contribution in [0.15, 0.2) is 42.6 Å². The number of carbonyl (C=O) groups is 1. The van der Waals surface area contributed by atoms with Crippen LogP contribution < -0.4 is 10.2 Å². The van der Waals surface area contributed by atoms with E-state index in [1.54, 1.807) is 0 Å². The molecule has 1 fully saturated rings. The molecule has 1 aliphatic rings. The highest BCUT2D eigenvalue weighted by Crippen LogP contribution is 2.18. The van der Waals surface area contributed by atoms with Crippen molar-refractivity contribution >= 4 is 11.6 Å². The van der Waals surface area contributed by atoms with Gasteiger partial charge in [-0.25, -0.2) is 0 Å². The van der Waals surface area contributed by atoms with E-state index in [1.165, 1.54) is 11.3 Å². The van der Waals surface area contributed by atoms with Gasteiger partial charge in [0.2, 0.25) is 5.91 Å². The first-order valence-electron chi connectivity index (χ1n) is 9.81. The first-order chi connectivity index (χ1) is 13.0. The Kier molecular flexibility index (Phi) is 6.45. The molecule has 0 saturated carbocycles. The van der Waals surface area contributed by atoms with Crippen molar-refractivity contribution in [1.82, 2.24) is 15.2 Å². The number of piperazine rings is 1. The summed E-state index contributed by atoms with van der Waals surface area (Å²) in [5.74, 6) is 0.0771. The number of aromatic nitrogens is 1. The van der Waals surface area contributed by atoms with Crippen molar-refractivity contribution in [2.45, 2.75) is 33.2 Å². The first kappa shape index (κ1) is 19.4. The van der Waals surface area contributed by atoms with Crippen LogP contribution in [-0.4, -0.2) is 48.5 Å². The fourth-order valence-electron chi connectivity index (χ4n) is 3.50. The molecule has 0 radical (unpaired) electrons. The molecule has 27 heavy (non-hydrogen) atoms. The zero-order chi connectivity index (χ0) is 19.2. The Hall–Kier alpha value is -2.40. The van der Waals surface area contributed by atoms with E-state index in [2.05, 4.69) is 58.2 Å². The normalized spacial score (nSPS) is 16.2. The van der Waals surface area contributed by atoms with Gasteiger partial charge in [-0.15, -0.1) is 0 Å². The minimum atomic E-state index is -0.0216. The second-order valence-corrected chi connectivity index (χ2v) is 7.39. The van der Waals surface area contributed by atoms with Gasteiger partial charge < -0.3 is 10.2 Å². The quantitative estimate of drug-likeness (QED) is 0.853. The fourth-order valence-corrected chi connectivity index (χ4v) is 3.50. The van der Waals surface area contributed by atoms with Gasteiger partial charge >= 0.3 is 0 Å². The standard InChI is InChI=1S/C22H30N4O/c1-4-20(21-9-8-18(3)15-23-21)24-22(27)16-25-10-12-26(13-11-25)19-7-5-6-17(2)14-19/h5-9,14-15,20H,4,10-13,16H2,1-3H3,(H,24,27)/t20-/m1/s1. The number of rotatable bonds is 6. The van der Waals surface area contributed by atoms with E-state index in [0.717, 1.165) is 43.9 Å². The second-order valence-electron chi connectivity index (χ2n) is 7.39. The van der Waals surface area contributed by atoms with E-state index in [-0.39, 0.29) is 11.9 Å². The van der Waals surface area contributed by atoms with Crippen molar-refractivity contribution in [2.24, 2.45) is 0 Å². The van der Waals surface area contributed by atoms with Gasteiger partial charge in [0.1, 0.15) is 0 Å². The van der Waals surface area contributed by atoms with Crippen LogP contribution in [0.2, 0.25) is 0 Å². The number of nitrogens with one attached hydrogen (secondary N) is 1. The van der Waals surface area contributed by atoms with Gasteiger partial charge in [0.25, 0.3) is 0 Å². The SMILES string of the molecule is CC[C@@H](NC(=O)CN1CCN(c2cccc(C)c2)CC1)c1ccc(C)cn1. The van der Waals surface area contributed by atoms with E-state index in [9.17, 15) is 4.79 Å². The molecule has 1 aliphatic heterocycles. The Labute approximate surface area is 162 Å². The molecular weight excluding hydrogens is 336 g/mol. The number of nitrogens with zero attached hydrogens (tertiary/aromatic N) is 3. The summed E-state index contributed by atoms with van der Waals surface area (Å²) in [6.45, 7) is 10.4. The van der Waals surface area contributed by atoms with Crippen LogP contribution in [0.25, 0.3) is 0 Å². The Morgan fingerprint density at radius 1 is 1.11 bits per heavy atom. The van der Waals surface area contributed by atoms with E-state index < -0.39 is 0 Å². The van der Waals surface area contributed by atoms with E-state index >= 15 is 0 Å². The molecule has 1 aromatic heterocycles. The lowest BCUT2D eigenvalue weighted by atomic mass is 10.1. The van der Waals surface area contributed by atoms with Crippen molar-refractivity contribution in [3.8, 4) is 0 Å². The maximum absolute atomic E-state index is 12.5. The third-order valence-corrected chi connectivity index (χ3v) is 5.14. The fraction of sp³-hybridized carbons (Fsp3) is 0.455. The average molecular weight is 367 g/mol. The summed E-state index contributed by atoms with van der Waals surface area (Å²) >= 11 is 0. The van der Waals surface area contributed by atoms with Gasteiger partial charge in [-0.2, -0.15) is 0 Å². The topological polar surface area (TPSA) is 48.5 Å². The summed E-state index contributed by atoms with van der Waals surface area (Å²) in [4.78, 5) is 21.6. The molecule has 0 aliphatic carbocycles. The average Bonchev–Trinajstić information content (AvgIpc) is 2.67. The lowest BCUT2D eigenvalue weighted by Crippen LogP contribution is -2.49. The van der Waals surface area contributed by atoms with Gasteiger partial charge in [0, 0.05) is 38.1 Å². The van der Waals surface area contributed by atoms with E-state index in [0.29, 0.717) is 6.54 Å². The van der Waals surface area contributed by atoms with Gasteiger partial charge in [0.05, 0.1) is 18.3 Å². The van der Waals surface area contributed by atoms with Crippen LogP contribution in [0.1, 0.15) is 36.2 Å². The van der Waals surface area contributed by atoms with Gasteiger partial charge in [-0.1, -0.05) is 25.1 Å². The minimum absolute atomic E-state index is 0.0216. The predicted octanol–water partition coefficient (Wildman–Crippen LogP) is 3.09. The van der Waals surface area contributed by atoms with Crippen molar-refractivity contribution < 1.29 is 4.79 Å². The van der Waals surface area contributed by atoms with Crippen molar-refractivity contribution in [3.05, 3.63) is 59.4 Å². The lowest BCUT2D eigenvalue weighted by molar-refractivity contribution is -0.123. The third kappa shape index (κ3) is 5.30. The summed E-state index contributed by atoms with van der Waals surface area (Å²) in [6.07, 6.45) is 2.69. The molecule has 3 rings (SSSR count). The van der Waals surface area contributed by atoms with Crippen molar-refractivity contribution in [3.63, 3.8) is 0 Å². The van der Waals surface area contributed by atoms with Gasteiger partial charge in [0.15, 0.2) is 0 Å². The Bertz CT molecular complexity index is 751. The summed E-state index contributed by atoms with van der Waals surface area (Å²) in [5.41, 5.74) is 4.62. The molecule has 0 unspecified atom stereocenters. The monoisotopic (exact) mass is 366 g/mol. The molecule has 2 aromatic rings. The van der Waals surface area contributed by atoms with E-state index in [1.807, 2.05) is 25.3 Å². The predicted molar refractivity (Wildman–Crippen MR) is 110 cm³/mol. The number of aryl methyl sites for hydroxylation is 2. The molecule has 144 valence electrons. The zero-order valence-corrected chi connectivity index (χ0v) is 16.6. The number of carbonyl (C=O) groups excluding carboxylic acids is 1. The number of hydrogen-bond acceptors (Lipinski definition) is 4. The molecule has 1 saturated heterocycles. The molecular formula is C22H30N4O. The molecule has 1 atom stereocenters. The van der Waals surface area contributed by atoms with Crippen LogP contribution >= 0.6 is 0 Å². The molecule has 1 aromatic carbocycles. The summed E-state index contributed by atoms with van der Waals surface area (Å²) in [6, 6.07) is 12.6. The number of hydrogen-bond donors (Lipinski definition) is 1. The molecule has 1 amide bonds. The highest BCUT2D eigenvalue weighted by Gasteiger charge is 2.21. The Morgan fingerprint density at radius 3 is 2.52 bits per heavy atom. The molecule has 5 nitrogen and oxygen atoms in total. The third-order valence-electron chi connectivity index (χ3n) is 5.14. The molecule has 2 heterocycles. The van der Waals surface area contributed by atoms with Gasteiger partial charge in [-0.05, 0) is 49.6 Å². The second kappa shape index (κ2) is 9.00. The summed E-state index contributed by atoms with van der Waals surface area (Å²) in [7, 11) is 0. The maximum Gasteiger partial charge on any atom is 0.234 e. The first-order valence-corrected chi connectivity index (χ1v) is 9.81. The Balaban J connectivity index is 1.49. The highest BCUT2D eigenvalue weighted by atomic mass is 16.2. The maximum atomic E-state index is 12.5. The zero-order valence-electron chi connectivity index (χ0n) is 16.6. The van der Waals surface area contributed by atoms with Crippen LogP contribution in [0, 0.1) is 13.8 Å². The smallest absolute Gasteiger partial charge is 0.234 e. The number of amides is 1.